The summed E-state index contributed by atoms with van der Waals surface area (Å²) < 4.78 is 38.8. The molecule has 0 saturated carbocycles. The first-order valence-corrected chi connectivity index (χ1v) is 6.17. The van der Waals surface area contributed by atoms with Crippen LogP contribution in [0.25, 0.3) is 10.4 Å². The van der Waals surface area contributed by atoms with Gasteiger partial charge >= 0.3 is 12.1 Å². The van der Waals surface area contributed by atoms with Gasteiger partial charge in [0.1, 0.15) is 0 Å². The van der Waals surface area contributed by atoms with Crippen molar-refractivity contribution in [3.05, 3.63) is 46.3 Å². The van der Waals surface area contributed by atoms with Gasteiger partial charge < -0.3 is 5.11 Å². The smallest absolute Gasteiger partial charge is 0.417 e. The Balaban J connectivity index is 2.66. The Morgan fingerprint density at radius 2 is 1.95 bits per heavy atom. The number of rotatable bonds is 2. The van der Waals surface area contributed by atoms with E-state index in [1.54, 1.807) is 18.4 Å². The quantitative estimate of drug-likeness (QED) is 0.886. The van der Waals surface area contributed by atoms with Crippen LogP contribution in [0.3, 0.4) is 0 Å². The molecule has 100 valence electrons. The van der Waals surface area contributed by atoms with Gasteiger partial charge in [-0.1, -0.05) is 0 Å². The van der Waals surface area contributed by atoms with Gasteiger partial charge in [-0.2, -0.15) is 13.2 Å². The van der Waals surface area contributed by atoms with Crippen molar-refractivity contribution in [3.63, 3.8) is 0 Å². The zero-order valence-corrected chi connectivity index (χ0v) is 10.6. The molecule has 0 spiro atoms. The number of halogens is 3. The third-order valence-electron chi connectivity index (χ3n) is 2.57. The Kier molecular flexibility index (Phi) is 3.36. The molecule has 0 saturated heterocycles. The lowest BCUT2D eigenvalue weighted by Crippen LogP contribution is -2.08. The van der Waals surface area contributed by atoms with Crippen molar-refractivity contribution >= 4 is 17.3 Å². The average molecular weight is 286 g/mol. The van der Waals surface area contributed by atoms with Crippen LogP contribution in [0.5, 0.6) is 0 Å². The molecule has 1 aromatic carbocycles. The fourth-order valence-corrected chi connectivity index (χ4v) is 2.63. The number of carboxylic acids is 1. The highest BCUT2D eigenvalue weighted by Crippen LogP contribution is 2.39. The third kappa shape index (κ3) is 2.78. The summed E-state index contributed by atoms with van der Waals surface area (Å²) in [6.07, 6.45) is -4.51. The molecule has 0 fully saturated rings. The topological polar surface area (TPSA) is 37.3 Å². The molecule has 1 aromatic heterocycles. The predicted octanol–water partition coefficient (Wildman–Crippen LogP) is 4.44. The van der Waals surface area contributed by atoms with Crippen LogP contribution in [0.2, 0.25) is 0 Å². The van der Waals surface area contributed by atoms with Crippen LogP contribution in [-0.4, -0.2) is 11.1 Å². The molecule has 6 heteroatoms. The summed E-state index contributed by atoms with van der Waals surface area (Å²) in [4.78, 5) is 11.3. The SMILES string of the molecule is Cc1csc(-c2cc(C(=O)O)ccc2C(F)(F)F)c1. The van der Waals surface area contributed by atoms with Crippen LogP contribution in [-0.2, 0) is 6.18 Å². The average Bonchev–Trinajstić information content (AvgIpc) is 2.73. The maximum atomic E-state index is 12.9. The first-order valence-electron chi connectivity index (χ1n) is 5.29. The van der Waals surface area contributed by atoms with E-state index in [9.17, 15) is 18.0 Å². The standard InChI is InChI=1S/C13H9F3O2S/c1-7-4-11(19-6-7)9-5-8(12(17)18)2-3-10(9)13(14,15)16/h2-6H,1H3,(H,17,18). The molecule has 2 rings (SSSR count). The molecule has 0 aliphatic heterocycles. The minimum Gasteiger partial charge on any atom is -0.478 e. The number of hydrogen-bond acceptors (Lipinski definition) is 2. The maximum Gasteiger partial charge on any atom is 0.417 e. The van der Waals surface area contributed by atoms with E-state index in [2.05, 4.69) is 0 Å². The highest BCUT2D eigenvalue weighted by Gasteiger charge is 2.34. The van der Waals surface area contributed by atoms with Crippen LogP contribution < -0.4 is 0 Å². The first kappa shape index (κ1) is 13.6. The van der Waals surface area contributed by atoms with Crippen LogP contribution in [0.15, 0.2) is 29.6 Å². The summed E-state index contributed by atoms with van der Waals surface area (Å²) in [5.41, 5.74) is -0.229. The Labute approximate surface area is 111 Å². The van der Waals surface area contributed by atoms with Gasteiger partial charge in [-0.3, -0.25) is 0 Å². The molecule has 2 aromatic rings. The van der Waals surface area contributed by atoms with Crippen molar-refractivity contribution in [2.24, 2.45) is 0 Å². The summed E-state index contributed by atoms with van der Waals surface area (Å²) >= 11 is 1.16. The molecule has 0 atom stereocenters. The van der Waals surface area contributed by atoms with E-state index in [1.807, 2.05) is 0 Å². The number of hydrogen-bond donors (Lipinski definition) is 1. The fourth-order valence-electron chi connectivity index (χ4n) is 1.70. The lowest BCUT2D eigenvalue weighted by atomic mass is 10.0. The number of benzene rings is 1. The van der Waals surface area contributed by atoms with Gasteiger partial charge in [0, 0.05) is 10.4 Å². The zero-order valence-electron chi connectivity index (χ0n) is 9.78. The molecule has 0 radical (unpaired) electrons. The molecular formula is C13H9F3O2S. The van der Waals surface area contributed by atoms with Crippen LogP contribution >= 0.6 is 11.3 Å². The van der Waals surface area contributed by atoms with Gasteiger partial charge in [0.15, 0.2) is 0 Å². The molecule has 0 amide bonds. The normalized spacial score (nSPS) is 11.6. The van der Waals surface area contributed by atoms with E-state index in [4.69, 9.17) is 5.11 Å². The second-order valence-electron chi connectivity index (χ2n) is 4.05. The minimum absolute atomic E-state index is 0.0921. The number of carbonyl (C=O) groups is 1. The van der Waals surface area contributed by atoms with Gasteiger partial charge in [-0.05, 0) is 42.1 Å². The van der Waals surface area contributed by atoms with E-state index in [0.717, 1.165) is 35.1 Å². The molecule has 2 nitrogen and oxygen atoms in total. The monoisotopic (exact) mass is 286 g/mol. The van der Waals surface area contributed by atoms with E-state index < -0.39 is 17.7 Å². The Hall–Kier alpha value is -1.82. The second-order valence-corrected chi connectivity index (χ2v) is 4.96. The molecule has 19 heavy (non-hydrogen) atoms. The van der Waals surface area contributed by atoms with Crippen LogP contribution in [0, 0.1) is 6.92 Å². The van der Waals surface area contributed by atoms with Crippen molar-refractivity contribution in [1.82, 2.24) is 0 Å². The van der Waals surface area contributed by atoms with Gasteiger partial charge in [0.25, 0.3) is 0 Å². The highest BCUT2D eigenvalue weighted by molar-refractivity contribution is 7.13. The van der Waals surface area contributed by atoms with E-state index in [1.165, 1.54) is 0 Å². The summed E-state index contributed by atoms with van der Waals surface area (Å²) in [7, 11) is 0. The summed E-state index contributed by atoms with van der Waals surface area (Å²) in [6.45, 7) is 1.77. The van der Waals surface area contributed by atoms with E-state index in [0.29, 0.717) is 4.88 Å². The Bertz CT molecular complexity index is 629. The predicted molar refractivity (Wildman–Crippen MR) is 66.5 cm³/mol. The van der Waals surface area contributed by atoms with Gasteiger partial charge in [-0.15, -0.1) is 11.3 Å². The van der Waals surface area contributed by atoms with Crippen LogP contribution in [0.4, 0.5) is 13.2 Å². The van der Waals surface area contributed by atoms with E-state index >= 15 is 0 Å². The molecule has 0 aliphatic carbocycles. The van der Waals surface area contributed by atoms with Crippen LogP contribution in [0.1, 0.15) is 21.5 Å². The van der Waals surface area contributed by atoms with Crippen molar-refractivity contribution in [2.75, 3.05) is 0 Å². The third-order valence-corrected chi connectivity index (χ3v) is 3.65. The van der Waals surface area contributed by atoms with Crippen molar-refractivity contribution in [2.45, 2.75) is 13.1 Å². The minimum atomic E-state index is -4.51. The van der Waals surface area contributed by atoms with Crippen molar-refractivity contribution < 1.29 is 23.1 Å². The number of aromatic carboxylic acids is 1. The molecule has 0 aliphatic rings. The lowest BCUT2D eigenvalue weighted by molar-refractivity contribution is -0.137. The van der Waals surface area contributed by atoms with Gasteiger partial charge in [0.05, 0.1) is 11.1 Å². The molecule has 1 heterocycles. The first-order chi connectivity index (χ1) is 8.79. The van der Waals surface area contributed by atoms with Gasteiger partial charge in [0.2, 0.25) is 0 Å². The summed E-state index contributed by atoms with van der Waals surface area (Å²) in [5, 5.41) is 10.6. The lowest BCUT2D eigenvalue weighted by Gasteiger charge is -2.12. The zero-order chi connectivity index (χ0) is 14.2. The van der Waals surface area contributed by atoms with E-state index in [-0.39, 0.29) is 11.1 Å². The van der Waals surface area contributed by atoms with Gasteiger partial charge in [-0.25, -0.2) is 4.79 Å². The second kappa shape index (κ2) is 4.70. The Morgan fingerprint density at radius 3 is 2.42 bits per heavy atom. The maximum absolute atomic E-state index is 12.9. The molecular weight excluding hydrogens is 277 g/mol. The number of aryl methyl sites for hydroxylation is 1. The van der Waals surface area contributed by atoms with Crippen molar-refractivity contribution in [3.8, 4) is 10.4 Å². The van der Waals surface area contributed by atoms with Crippen molar-refractivity contribution in [1.29, 1.82) is 0 Å². The Morgan fingerprint density at radius 1 is 1.26 bits per heavy atom. The number of thiophene rings is 1. The molecule has 0 unspecified atom stereocenters. The number of carboxylic acid groups (broad SMARTS) is 1. The molecule has 0 bridgehead atoms. The molecule has 1 N–H and O–H groups in total. The fraction of sp³-hybridized carbons (Fsp3) is 0.154. The summed E-state index contributed by atoms with van der Waals surface area (Å²) in [5.74, 6) is -1.25. The number of alkyl halides is 3. The largest absolute Gasteiger partial charge is 0.478 e. The summed E-state index contributed by atoms with van der Waals surface area (Å²) in [6, 6.07) is 4.46. The highest BCUT2D eigenvalue weighted by atomic mass is 32.1.